The number of ether oxygens (including phenoxy) is 1. The number of aryl methyl sites for hydroxylation is 1. The number of fused-ring (bicyclic) bond motifs is 1. The standard InChI is InChI=1S/C18H19BrN2O2/c19-13-4-7-15(8-5-13)23-11-18(22)21-17-3-1-2-12-10-14(20)6-9-16(12)17/h4-10,17H,1-3,11,20H2,(H,21,22). The molecule has 2 aromatic rings. The van der Waals surface area contributed by atoms with Gasteiger partial charge in [-0.3, -0.25) is 4.79 Å². The van der Waals surface area contributed by atoms with E-state index < -0.39 is 0 Å². The third-order valence-corrected chi connectivity index (χ3v) is 4.53. The summed E-state index contributed by atoms with van der Waals surface area (Å²) in [7, 11) is 0. The molecule has 0 radical (unpaired) electrons. The van der Waals surface area contributed by atoms with E-state index in [0.717, 1.165) is 29.4 Å². The van der Waals surface area contributed by atoms with E-state index in [4.69, 9.17) is 10.5 Å². The number of benzene rings is 2. The number of halogens is 1. The van der Waals surface area contributed by atoms with E-state index in [1.165, 1.54) is 11.1 Å². The van der Waals surface area contributed by atoms with Crippen molar-refractivity contribution in [2.24, 2.45) is 0 Å². The van der Waals surface area contributed by atoms with Crippen LogP contribution in [0, 0.1) is 0 Å². The molecule has 0 spiro atoms. The van der Waals surface area contributed by atoms with Gasteiger partial charge in [-0.2, -0.15) is 0 Å². The van der Waals surface area contributed by atoms with Crippen LogP contribution in [-0.2, 0) is 11.2 Å². The zero-order valence-electron chi connectivity index (χ0n) is 12.7. The van der Waals surface area contributed by atoms with Gasteiger partial charge in [-0.05, 0) is 66.8 Å². The van der Waals surface area contributed by atoms with E-state index in [0.29, 0.717) is 5.75 Å². The molecular weight excluding hydrogens is 356 g/mol. The SMILES string of the molecule is Nc1ccc2c(c1)CCCC2NC(=O)COc1ccc(Br)cc1. The number of carbonyl (C=O) groups excluding carboxylic acids is 1. The Labute approximate surface area is 144 Å². The summed E-state index contributed by atoms with van der Waals surface area (Å²) in [6.07, 6.45) is 3.01. The monoisotopic (exact) mass is 374 g/mol. The molecule has 0 fully saturated rings. The third kappa shape index (κ3) is 4.05. The summed E-state index contributed by atoms with van der Waals surface area (Å²) < 4.78 is 6.50. The lowest BCUT2D eigenvalue weighted by molar-refractivity contribution is -0.123. The molecule has 0 bridgehead atoms. The minimum atomic E-state index is -0.109. The molecule has 3 N–H and O–H groups in total. The van der Waals surface area contributed by atoms with Crippen molar-refractivity contribution >= 4 is 27.5 Å². The van der Waals surface area contributed by atoms with E-state index in [9.17, 15) is 4.79 Å². The smallest absolute Gasteiger partial charge is 0.258 e. The fraction of sp³-hybridized carbons (Fsp3) is 0.278. The van der Waals surface area contributed by atoms with Crippen molar-refractivity contribution < 1.29 is 9.53 Å². The summed E-state index contributed by atoms with van der Waals surface area (Å²) in [5, 5.41) is 3.06. The van der Waals surface area contributed by atoms with Crippen LogP contribution in [0.25, 0.3) is 0 Å². The predicted molar refractivity (Wildman–Crippen MR) is 94.3 cm³/mol. The van der Waals surface area contributed by atoms with E-state index >= 15 is 0 Å². The summed E-state index contributed by atoms with van der Waals surface area (Å²) >= 11 is 3.37. The molecule has 1 aliphatic rings. The van der Waals surface area contributed by atoms with Gasteiger partial charge in [-0.1, -0.05) is 22.0 Å². The molecule has 1 amide bonds. The first-order valence-electron chi connectivity index (χ1n) is 7.68. The van der Waals surface area contributed by atoms with Crippen LogP contribution in [0.3, 0.4) is 0 Å². The minimum Gasteiger partial charge on any atom is -0.484 e. The number of carbonyl (C=O) groups is 1. The van der Waals surface area contributed by atoms with Crippen LogP contribution in [0.2, 0.25) is 0 Å². The van der Waals surface area contributed by atoms with E-state index in [2.05, 4.69) is 21.2 Å². The molecule has 5 heteroatoms. The number of hydrogen-bond acceptors (Lipinski definition) is 3. The van der Waals surface area contributed by atoms with Crippen LogP contribution in [0.1, 0.15) is 30.0 Å². The Morgan fingerprint density at radius 3 is 2.83 bits per heavy atom. The van der Waals surface area contributed by atoms with Crippen LogP contribution in [0.5, 0.6) is 5.75 Å². The quantitative estimate of drug-likeness (QED) is 0.803. The van der Waals surface area contributed by atoms with Crippen molar-refractivity contribution in [2.75, 3.05) is 12.3 Å². The maximum atomic E-state index is 12.2. The average Bonchev–Trinajstić information content (AvgIpc) is 2.54. The maximum absolute atomic E-state index is 12.2. The van der Waals surface area contributed by atoms with Crippen molar-refractivity contribution in [3.8, 4) is 5.75 Å². The molecule has 23 heavy (non-hydrogen) atoms. The molecule has 0 aromatic heterocycles. The number of rotatable bonds is 4. The third-order valence-electron chi connectivity index (χ3n) is 4.00. The van der Waals surface area contributed by atoms with Crippen LogP contribution < -0.4 is 15.8 Å². The van der Waals surface area contributed by atoms with Crippen LogP contribution >= 0.6 is 15.9 Å². The molecule has 0 saturated carbocycles. The summed E-state index contributed by atoms with van der Waals surface area (Å²) in [6.45, 7) is 0.0163. The highest BCUT2D eigenvalue weighted by molar-refractivity contribution is 9.10. The number of amides is 1. The molecule has 0 aliphatic heterocycles. The van der Waals surface area contributed by atoms with Crippen molar-refractivity contribution in [1.29, 1.82) is 0 Å². The Kier molecular flexibility index (Phi) is 4.86. The molecule has 0 saturated heterocycles. The van der Waals surface area contributed by atoms with Gasteiger partial charge < -0.3 is 15.8 Å². The van der Waals surface area contributed by atoms with E-state index in [1.54, 1.807) is 0 Å². The first-order chi connectivity index (χ1) is 11.1. The summed E-state index contributed by atoms with van der Waals surface area (Å²) in [5.41, 5.74) is 9.01. The van der Waals surface area contributed by atoms with Gasteiger partial charge >= 0.3 is 0 Å². The Bertz CT molecular complexity index is 701. The number of nitrogens with one attached hydrogen (secondary N) is 1. The van der Waals surface area contributed by atoms with Gasteiger partial charge in [0.1, 0.15) is 5.75 Å². The largest absolute Gasteiger partial charge is 0.484 e. The second-order valence-electron chi connectivity index (χ2n) is 5.71. The van der Waals surface area contributed by atoms with Crippen molar-refractivity contribution in [2.45, 2.75) is 25.3 Å². The Hall–Kier alpha value is -2.01. The molecule has 2 aromatic carbocycles. The molecule has 1 unspecified atom stereocenters. The lowest BCUT2D eigenvalue weighted by Gasteiger charge is -2.26. The number of anilines is 1. The zero-order valence-corrected chi connectivity index (χ0v) is 14.3. The van der Waals surface area contributed by atoms with Crippen molar-refractivity contribution in [3.05, 3.63) is 58.1 Å². The highest BCUT2D eigenvalue weighted by Crippen LogP contribution is 2.30. The highest BCUT2D eigenvalue weighted by Gasteiger charge is 2.21. The van der Waals surface area contributed by atoms with E-state index in [1.807, 2.05) is 42.5 Å². The van der Waals surface area contributed by atoms with Gasteiger partial charge in [0.05, 0.1) is 6.04 Å². The lowest BCUT2D eigenvalue weighted by Crippen LogP contribution is -2.34. The Balaban J connectivity index is 1.59. The predicted octanol–water partition coefficient (Wildman–Crippen LogP) is 3.60. The molecule has 120 valence electrons. The van der Waals surface area contributed by atoms with Gasteiger partial charge in [0.2, 0.25) is 0 Å². The molecule has 4 nitrogen and oxygen atoms in total. The second-order valence-corrected chi connectivity index (χ2v) is 6.63. The Morgan fingerprint density at radius 2 is 2.04 bits per heavy atom. The molecule has 1 aliphatic carbocycles. The van der Waals surface area contributed by atoms with Crippen LogP contribution in [0.4, 0.5) is 5.69 Å². The van der Waals surface area contributed by atoms with Gasteiger partial charge in [0.15, 0.2) is 6.61 Å². The average molecular weight is 375 g/mol. The Morgan fingerprint density at radius 1 is 1.26 bits per heavy atom. The van der Waals surface area contributed by atoms with Crippen LogP contribution in [0.15, 0.2) is 46.9 Å². The summed E-state index contributed by atoms with van der Waals surface area (Å²) in [4.78, 5) is 12.2. The topological polar surface area (TPSA) is 64.3 Å². The van der Waals surface area contributed by atoms with Crippen molar-refractivity contribution in [3.63, 3.8) is 0 Å². The minimum absolute atomic E-state index is 0.0163. The maximum Gasteiger partial charge on any atom is 0.258 e. The molecular formula is C18H19BrN2O2. The summed E-state index contributed by atoms with van der Waals surface area (Å²) in [5.74, 6) is 0.572. The number of nitrogens with two attached hydrogens (primary N) is 1. The first-order valence-corrected chi connectivity index (χ1v) is 8.47. The van der Waals surface area contributed by atoms with Crippen molar-refractivity contribution in [1.82, 2.24) is 5.32 Å². The van der Waals surface area contributed by atoms with Gasteiger partial charge in [0.25, 0.3) is 5.91 Å². The molecule has 1 atom stereocenters. The summed E-state index contributed by atoms with van der Waals surface area (Å²) in [6, 6.07) is 13.4. The fourth-order valence-corrected chi connectivity index (χ4v) is 3.16. The second kappa shape index (κ2) is 7.04. The highest BCUT2D eigenvalue weighted by atomic mass is 79.9. The van der Waals surface area contributed by atoms with Gasteiger partial charge in [-0.15, -0.1) is 0 Å². The zero-order chi connectivity index (χ0) is 16.2. The first kappa shape index (κ1) is 15.9. The fourth-order valence-electron chi connectivity index (χ4n) is 2.90. The molecule has 3 rings (SSSR count). The normalized spacial score (nSPS) is 16.5. The van der Waals surface area contributed by atoms with Gasteiger partial charge in [0, 0.05) is 10.2 Å². The lowest BCUT2D eigenvalue weighted by atomic mass is 9.87. The van der Waals surface area contributed by atoms with Crippen LogP contribution in [-0.4, -0.2) is 12.5 Å². The number of nitrogen functional groups attached to an aromatic ring is 1. The number of hydrogen-bond donors (Lipinski definition) is 2. The van der Waals surface area contributed by atoms with E-state index in [-0.39, 0.29) is 18.6 Å². The van der Waals surface area contributed by atoms with Gasteiger partial charge in [-0.25, -0.2) is 0 Å². The molecule has 0 heterocycles.